The molecule has 1 aromatic carbocycles. The lowest BCUT2D eigenvalue weighted by Gasteiger charge is -2.29. The molecule has 0 saturated heterocycles. The quantitative estimate of drug-likeness (QED) is 0.652. The third kappa shape index (κ3) is 4.23. The zero-order valence-corrected chi connectivity index (χ0v) is 16.1. The second-order valence-electron chi connectivity index (χ2n) is 6.88. The van der Waals surface area contributed by atoms with E-state index in [-0.39, 0.29) is 11.7 Å². The topological polar surface area (TPSA) is 68.2 Å². The molecule has 7 heteroatoms. The van der Waals surface area contributed by atoms with Gasteiger partial charge >= 0.3 is 0 Å². The van der Waals surface area contributed by atoms with Crippen LogP contribution in [0.25, 0.3) is 11.4 Å². The van der Waals surface area contributed by atoms with Crippen LogP contribution in [-0.4, -0.2) is 32.3 Å². The first-order valence-corrected chi connectivity index (χ1v) is 9.65. The molecule has 1 amide bonds. The Hall–Kier alpha value is -3.35. The minimum absolute atomic E-state index is 0.115. The molecule has 0 fully saturated rings. The van der Waals surface area contributed by atoms with Crippen LogP contribution in [0.4, 0.5) is 4.39 Å². The van der Waals surface area contributed by atoms with Gasteiger partial charge in [0.1, 0.15) is 11.6 Å². The van der Waals surface area contributed by atoms with E-state index in [1.54, 1.807) is 24.5 Å². The number of hydrogen-bond acceptors (Lipinski definition) is 5. The van der Waals surface area contributed by atoms with E-state index >= 15 is 0 Å². The SMILES string of the molecule is CCCC(=O)N1CCc2nc(-c3ccncc3)nc(Oc3ccc(F)cc3)c2C1. The molecule has 0 atom stereocenters. The average Bonchev–Trinajstić information content (AvgIpc) is 2.75. The van der Waals surface area contributed by atoms with Crippen molar-refractivity contribution in [2.75, 3.05) is 6.54 Å². The van der Waals surface area contributed by atoms with Crippen LogP contribution in [-0.2, 0) is 17.8 Å². The number of rotatable bonds is 5. The molecule has 29 heavy (non-hydrogen) atoms. The van der Waals surface area contributed by atoms with Gasteiger partial charge in [0, 0.05) is 37.3 Å². The van der Waals surface area contributed by atoms with E-state index in [1.807, 2.05) is 24.0 Å². The van der Waals surface area contributed by atoms with Gasteiger partial charge in [0.05, 0.1) is 17.8 Å². The Balaban J connectivity index is 1.73. The monoisotopic (exact) mass is 392 g/mol. The third-order valence-corrected chi connectivity index (χ3v) is 4.81. The summed E-state index contributed by atoms with van der Waals surface area (Å²) >= 11 is 0. The number of aromatic nitrogens is 3. The van der Waals surface area contributed by atoms with Crippen LogP contribution in [0, 0.1) is 5.82 Å². The third-order valence-electron chi connectivity index (χ3n) is 4.81. The van der Waals surface area contributed by atoms with Gasteiger partial charge in [-0.1, -0.05) is 6.92 Å². The Morgan fingerprint density at radius 1 is 1.14 bits per heavy atom. The van der Waals surface area contributed by atoms with E-state index in [0.29, 0.717) is 43.4 Å². The Kier molecular flexibility index (Phi) is 5.46. The minimum Gasteiger partial charge on any atom is -0.439 e. The number of fused-ring (bicyclic) bond motifs is 1. The molecule has 0 spiro atoms. The zero-order chi connectivity index (χ0) is 20.2. The average molecular weight is 392 g/mol. The van der Waals surface area contributed by atoms with Crippen molar-refractivity contribution >= 4 is 5.91 Å². The van der Waals surface area contributed by atoms with E-state index in [1.165, 1.54) is 12.1 Å². The predicted octanol–water partition coefficient (Wildman–Crippen LogP) is 4.15. The molecule has 2 aromatic heterocycles. The lowest BCUT2D eigenvalue weighted by Crippen LogP contribution is -2.36. The van der Waals surface area contributed by atoms with Crippen LogP contribution in [0.15, 0.2) is 48.8 Å². The van der Waals surface area contributed by atoms with Gasteiger partial charge < -0.3 is 9.64 Å². The highest BCUT2D eigenvalue weighted by atomic mass is 19.1. The number of pyridine rings is 1. The van der Waals surface area contributed by atoms with Crippen molar-refractivity contribution in [3.8, 4) is 23.0 Å². The molecular weight excluding hydrogens is 371 g/mol. The Labute approximate surface area is 168 Å². The number of amides is 1. The normalized spacial score (nSPS) is 13.1. The Morgan fingerprint density at radius 3 is 2.62 bits per heavy atom. The van der Waals surface area contributed by atoms with Gasteiger partial charge in [-0.2, -0.15) is 4.98 Å². The van der Waals surface area contributed by atoms with E-state index in [4.69, 9.17) is 9.72 Å². The van der Waals surface area contributed by atoms with Gasteiger partial charge in [-0.05, 0) is 42.8 Å². The molecule has 0 radical (unpaired) electrons. The highest BCUT2D eigenvalue weighted by Crippen LogP contribution is 2.32. The molecule has 148 valence electrons. The minimum atomic E-state index is -0.337. The van der Waals surface area contributed by atoms with Gasteiger partial charge in [0.15, 0.2) is 5.82 Å². The Morgan fingerprint density at radius 2 is 1.90 bits per heavy atom. The van der Waals surface area contributed by atoms with Crippen molar-refractivity contribution in [1.29, 1.82) is 0 Å². The summed E-state index contributed by atoms with van der Waals surface area (Å²) < 4.78 is 19.3. The summed E-state index contributed by atoms with van der Waals surface area (Å²) in [5.41, 5.74) is 2.49. The Bertz CT molecular complexity index is 1010. The molecule has 6 nitrogen and oxygen atoms in total. The maximum absolute atomic E-state index is 13.3. The van der Waals surface area contributed by atoms with Crippen LogP contribution in [0.1, 0.15) is 31.0 Å². The van der Waals surface area contributed by atoms with Crippen LogP contribution in [0.2, 0.25) is 0 Å². The largest absolute Gasteiger partial charge is 0.439 e. The van der Waals surface area contributed by atoms with Gasteiger partial charge in [0.25, 0.3) is 0 Å². The van der Waals surface area contributed by atoms with Crippen molar-refractivity contribution in [3.05, 3.63) is 65.9 Å². The fraction of sp³-hybridized carbons (Fsp3) is 0.273. The number of ether oxygens (including phenoxy) is 1. The second-order valence-corrected chi connectivity index (χ2v) is 6.88. The van der Waals surface area contributed by atoms with Crippen molar-refractivity contribution in [3.63, 3.8) is 0 Å². The van der Waals surface area contributed by atoms with Gasteiger partial charge in [-0.3, -0.25) is 9.78 Å². The fourth-order valence-electron chi connectivity index (χ4n) is 3.30. The molecule has 0 saturated carbocycles. The highest BCUT2D eigenvalue weighted by molar-refractivity contribution is 5.76. The smallest absolute Gasteiger partial charge is 0.228 e. The van der Waals surface area contributed by atoms with Gasteiger partial charge in [-0.25, -0.2) is 9.37 Å². The first kappa shape index (κ1) is 19.0. The molecule has 3 heterocycles. The summed E-state index contributed by atoms with van der Waals surface area (Å²) in [6.07, 6.45) is 5.32. The fourth-order valence-corrected chi connectivity index (χ4v) is 3.30. The summed E-state index contributed by atoms with van der Waals surface area (Å²) in [5, 5.41) is 0. The van der Waals surface area contributed by atoms with E-state index in [2.05, 4.69) is 9.97 Å². The molecular formula is C22H21FN4O2. The van der Waals surface area contributed by atoms with Crippen molar-refractivity contribution in [1.82, 2.24) is 19.9 Å². The summed E-state index contributed by atoms with van der Waals surface area (Å²) in [5.74, 6) is 1.18. The summed E-state index contributed by atoms with van der Waals surface area (Å²) in [6.45, 7) is 3.01. The van der Waals surface area contributed by atoms with Crippen LogP contribution in [0.5, 0.6) is 11.6 Å². The summed E-state index contributed by atoms with van der Waals surface area (Å²) in [4.78, 5) is 27.6. The van der Waals surface area contributed by atoms with E-state index < -0.39 is 0 Å². The maximum atomic E-state index is 13.3. The number of carbonyl (C=O) groups is 1. The molecule has 1 aliphatic rings. The molecule has 0 bridgehead atoms. The molecule has 0 N–H and O–H groups in total. The second kappa shape index (κ2) is 8.34. The number of carbonyl (C=O) groups excluding carboxylic acids is 1. The van der Waals surface area contributed by atoms with E-state index in [9.17, 15) is 9.18 Å². The maximum Gasteiger partial charge on any atom is 0.228 e. The highest BCUT2D eigenvalue weighted by Gasteiger charge is 2.26. The van der Waals surface area contributed by atoms with Crippen LogP contribution >= 0.6 is 0 Å². The number of nitrogens with zero attached hydrogens (tertiary/aromatic N) is 4. The number of benzene rings is 1. The molecule has 4 rings (SSSR count). The standard InChI is InChI=1S/C22H21FN4O2/c1-2-3-20(28)27-13-10-19-18(14-27)22(29-17-6-4-16(23)5-7-17)26-21(25-19)15-8-11-24-12-9-15/h4-9,11-12H,2-3,10,13-14H2,1H3. The van der Waals surface area contributed by atoms with Crippen molar-refractivity contribution in [2.45, 2.75) is 32.7 Å². The first-order chi connectivity index (χ1) is 14.1. The summed E-state index contributed by atoms with van der Waals surface area (Å²) in [6, 6.07) is 9.46. The first-order valence-electron chi connectivity index (χ1n) is 9.65. The van der Waals surface area contributed by atoms with Gasteiger partial charge in [0.2, 0.25) is 11.8 Å². The molecule has 1 aliphatic heterocycles. The lowest BCUT2D eigenvalue weighted by molar-refractivity contribution is -0.132. The zero-order valence-electron chi connectivity index (χ0n) is 16.1. The predicted molar refractivity (Wildman–Crippen MR) is 106 cm³/mol. The van der Waals surface area contributed by atoms with Crippen molar-refractivity contribution in [2.24, 2.45) is 0 Å². The molecule has 0 unspecified atom stereocenters. The van der Waals surface area contributed by atoms with E-state index in [0.717, 1.165) is 23.2 Å². The lowest BCUT2D eigenvalue weighted by atomic mass is 10.1. The van der Waals surface area contributed by atoms with Gasteiger partial charge in [-0.15, -0.1) is 0 Å². The molecule has 0 aliphatic carbocycles. The summed E-state index contributed by atoms with van der Waals surface area (Å²) in [7, 11) is 0. The van der Waals surface area contributed by atoms with Crippen molar-refractivity contribution < 1.29 is 13.9 Å². The van der Waals surface area contributed by atoms with Crippen LogP contribution in [0.3, 0.4) is 0 Å². The molecule has 3 aromatic rings. The number of halogens is 1. The van der Waals surface area contributed by atoms with Crippen LogP contribution < -0.4 is 4.74 Å². The number of hydrogen-bond donors (Lipinski definition) is 0.